The van der Waals surface area contributed by atoms with E-state index < -0.39 is 0 Å². The molecule has 0 bridgehead atoms. The van der Waals surface area contributed by atoms with E-state index in [-0.39, 0.29) is 18.2 Å². The second-order valence-electron chi connectivity index (χ2n) is 3.09. The number of hydrogen-bond donors (Lipinski definition) is 3. The van der Waals surface area contributed by atoms with Gasteiger partial charge in [-0.3, -0.25) is 14.7 Å². The van der Waals surface area contributed by atoms with E-state index in [4.69, 9.17) is 0 Å². The molecule has 15 heavy (non-hydrogen) atoms. The fourth-order valence-electron chi connectivity index (χ4n) is 1.09. The number of carbonyl (C=O) groups is 2. The Kier molecular flexibility index (Phi) is 3.84. The van der Waals surface area contributed by atoms with Gasteiger partial charge in [-0.15, -0.1) is 0 Å². The highest BCUT2D eigenvalue weighted by molar-refractivity contribution is 5.95. The van der Waals surface area contributed by atoms with Crippen molar-refractivity contribution in [1.29, 1.82) is 0 Å². The summed E-state index contributed by atoms with van der Waals surface area (Å²) < 4.78 is 0. The molecule has 0 spiro atoms. The molecule has 0 radical (unpaired) electrons. The summed E-state index contributed by atoms with van der Waals surface area (Å²) in [6.45, 7) is 2.09. The minimum absolute atomic E-state index is 0.0979. The van der Waals surface area contributed by atoms with Crippen molar-refractivity contribution in [2.45, 2.75) is 13.3 Å². The Morgan fingerprint density at radius 1 is 1.53 bits per heavy atom. The first-order valence-electron chi connectivity index (χ1n) is 4.64. The van der Waals surface area contributed by atoms with Gasteiger partial charge in [0.15, 0.2) is 0 Å². The normalized spacial score (nSPS) is 9.73. The minimum atomic E-state index is -0.217. The molecule has 6 heteroatoms. The van der Waals surface area contributed by atoms with Crippen molar-refractivity contribution in [3.05, 3.63) is 17.5 Å². The first-order chi connectivity index (χ1) is 7.15. The average molecular weight is 210 g/mol. The zero-order valence-corrected chi connectivity index (χ0v) is 8.76. The van der Waals surface area contributed by atoms with Gasteiger partial charge in [0.25, 0.3) is 5.91 Å². The average Bonchev–Trinajstić information content (AvgIpc) is 2.64. The molecule has 0 atom stereocenters. The molecule has 0 saturated carbocycles. The summed E-state index contributed by atoms with van der Waals surface area (Å²) in [5, 5.41) is 11.5. The number of amides is 2. The predicted octanol–water partition coefficient (Wildman–Crippen LogP) is -0.416. The topological polar surface area (TPSA) is 86.9 Å². The van der Waals surface area contributed by atoms with E-state index in [1.54, 1.807) is 14.0 Å². The molecule has 82 valence electrons. The maximum atomic E-state index is 11.5. The first kappa shape index (κ1) is 11.2. The first-order valence-corrected chi connectivity index (χ1v) is 4.64. The van der Waals surface area contributed by atoms with Crippen LogP contribution < -0.4 is 10.6 Å². The van der Waals surface area contributed by atoms with Crippen molar-refractivity contribution in [3.8, 4) is 0 Å². The molecule has 0 aliphatic carbocycles. The number of H-pyrrole nitrogens is 1. The highest BCUT2D eigenvalue weighted by atomic mass is 16.2. The lowest BCUT2D eigenvalue weighted by Gasteiger charge is -2.03. The van der Waals surface area contributed by atoms with Gasteiger partial charge in [-0.05, 0) is 6.92 Å². The van der Waals surface area contributed by atoms with Crippen LogP contribution in [0.1, 0.15) is 22.5 Å². The molecule has 6 nitrogen and oxygen atoms in total. The van der Waals surface area contributed by atoms with E-state index in [0.29, 0.717) is 17.8 Å². The van der Waals surface area contributed by atoms with E-state index >= 15 is 0 Å². The van der Waals surface area contributed by atoms with Crippen LogP contribution in [-0.4, -0.2) is 35.6 Å². The van der Waals surface area contributed by atoms with Crippen LogP contribution >= 0.6 is 0 Å². The lowest BCUT2D eigenvalue weighted by atomic mass is 10.2. The standard InChI is InChI=1S/C9H14N4O2/c1-6-7(5-12-13-6)9(15)11-4-3-8(14)10-2/h5H,3-4H2,1-2H3,(H,10,14)(H,11,15)(H,12,13). The quantitative estimate of drug-likeness (QED) is 0.631. The summed E-state index contributed by atoms with van der Waals surface area (Å²) in [6, 6.07) is 0. The third kappa shape index (κ3) is 3.08. The van der Waals surface area contributed by atoms with Crippen LogP contribution in [0.25, 0.3) is 0 Å². The van der Waals surface area contributed by atoms with Gasteiger partial charge in [0.1, 0.15) is 0 Å². The van der Waals surface area contributed by atoms with Crippen LogP contribution in [-0.2, 0) is 4.79 Å². The van der Waals surface area contributed by atoms with Gasteiger partial charge >= 0.3 is 0 Å². The number of hydrogen-bond acceptors (Lipinski definition) is 3. The molecule has 1 aromatic rings. The molecule has 0 unspecified atom stereocenters. The van der Waals surface area contributed by atoms with Crippen molar-refractivity contribution >= 4 is 11.8 Å². The summed E-state index contributed by atoms with van der Waals surface area (Å²) >= 11 is 0. The number of nitrogens with one attached hydrogen (secondary N) is 3. The van der Waals surface area contributed by atoms with E-state index in [9.17, 15) is 9.59 Å². The summed E-state index contributed by atoms with van der Waals surface area (Å²) in [4.78, 5) is 22.4. The predicted molar refractivity (Wildman–Crippen MR) is 54.3 cm³/mol. The Morgan fingerprint density at radius 2 is 2.27 bits per heavy atom. The lowest BCUT2D eigenvalue weighted by Crippen LogP contribution is -2.29. The Balaban J connectivity index is 2.38. The van der Waals surface area contributed by atoms with E-state index in [1.165, 1.54) is 6.20 Å². The molecule has 0 aliphatic rings. The second kappa shape index (κ2) is 5.14. The van der Waals surface area contributed by atoms with Gasteiger partial charge in [0.05, 0.1) is 11.8 Å². The zero-order valence-electron chi connectivity index (χ0n) is 8.76. The largest absolute Gasteiger partial charge is 0.359 e. The zero-order chi connectivity index (χ0) is 11.3. The SMILES string of the molecule is CNC(=O)CCNC(=O)c1cn[nH]c1C. The molecule has 1 aromatic heterocycles. The van der Waals surface area contributed by atoms with Gasteiger partial charge < -0.3 is 10.6 Å². The maximum Gasteiger partial charge on any atom is 0.254 e. The minimum Gasteiger partial charge on any atom is -0.359 e. The van der Waals surface area contributed by atoms with Gasteiger partial charge in [0, 0.05) is 25.7 Å². The van der Waals surface area contributed by atoms with Crippen LogP contribution in [0, 0.1) is 6.92 Å². The number of carbonyl (C=O) groups excluding carboxylic acids is 2. The molecule has 0 aliphatic heterocycles. The highest BCUT2D eigenvalue weighted by Gasteiger charge is 2.10. The Morgan fingerprint density at radius 3 is 2.80 bits per heavy atom. The Bertz CT molecular complexity index is 359. The summed E-state index contributed by atoms with van der Waals surface area (Å²) in [5.41, 5.74) is 1.22. The molecule has 2 amide bonds. The summed E-state index contributed by atoms with van der Waals surface area (Å²) in [6.07, 6.45) is 1.74. The third-order valence-corrected chi connectivity index (χ3v) is 1.99. The number of rotatable bonds is 4. The van der Waals surface area contributed by atoms with Crippen LogP contribution in [0.5, 0.6) is 0 Å². The number of aryl methyl sites for hydroxylation is 1. The molecule has 0 saturated heterocycles. The van der Waals surface area contributed by atoms with Crippen LogP contribution in [0.4, 0.5) is 0 Å². The molecule has 3 N–H and O–H groups in total. The molecule has 0 fully saturated rings. The van der Waals surface area contributed by atoms with Gasteiger partial charge in [-0.2, -0.15) is 5.10 Å². The van der Waals surface area contributed by atoms with E-state index in [1.807, 2.05) is 0 Å². The molecule has 1 rings (SSSR count). The molecule has 1 heterocycles. The second-order valence-corrected chi connectivity index (χ2v) is 3.09. The fraction of sp³-hybridized carbons (Fsp3) is 0.444. The van der Waals surface area contributed by atoms with Crippen LogP contribution in [0.15, 0.2) is 6.20 Å². The summed E-state index contributed by atoms with van der Waals surface area (Å²) in [5.74, 6) is -0.315. The number of aromatic nitrogens is 2. The van der Waals surface area contributed by atoms with Crippen LogP contribution in [0.2, 0.25) is 0 Å². The molecular formula is C9H14N4O2. The fourth-order valence-corrected chi connectivity index (χ4v) is 1.09. The van der Waals surface area contributed by atoms with Gasteiger partial charge in [-0.1, -0.05) is 0 Å². The van der Waals surface area contributed by atoms with Crippen LogP contribution in [0.3, 0.4) is 0 Å². The third-order valence-electron chi connectivity index (χ3n) is 1.99. The van der Waals surface area contributed by atoms with Gasteiger partial charge in [0.2, 0.25) is 5.91 Å². The molecule has 0 aromatic carbocycles. The number of nitrogens with zero attached hydrogens (tertiary/aromatic N) is 1. The van der Waals surface area contributed by atoms with Crippen molar-refractivity contribution in [2.75, 3.05) is 13.6 Å². The number of aromatic amines is 1. The molecular weight excluding hydrogens is 196 g/mol. The lowest BCUT2D eigenvalue weighted by molar-refractivity contribution is -0.120. The van der Waals surface area contributed by atoms with Crippen molar-refractivity contribution in [1.82, 2.24) is 20.8 Å². The van der Waals surface area contributed by atoms with Crippen molar-refractivity contribution in [3.63, 3.8) is 0 Å². The highest BCUT2D eigenvalue weighted by Crippen LogP contribution is 2.01. The smallest absolute Gasteiger partial charge is 0.254 e. The Labute approximate surface area is 87.4 Å². The maximum absolute atomic E-state index is 11.5. The summed E-state index contributed by atoms with van der Waals surface area (Å²) in [7, 11) is 1.56. The van der Waals surface area contributed by atoms with Gasteiger partial charge in [-0.25, -0.2) is 0 Å². The van der Waals surface area contributed by atoms with Crippen molar-refractivity contribution in [2.24, 2.45) is 0 Å². The monoisotopic (exact) mass is 210 g/mol. The van der Waals surface area contributed by atoms with E-state index in [2.05, 4.69) is 20.8 Å². The van der Waals surface area contributed by atoms with E-state index in [0.717, 1.165) is 0 Å². The Hall–Kier alpha value is -1.85. The van der Waals surface area contributed by atoms with Crippen molar-refractivity contribution < 1.29 is 9.59 Å².